The SMILES string of the molecule is CCc1ccc(CC)c(CNC(=O)CN(c2ccccc2Cl)S(=O)(=O)c2ccccc2)c1. The highest BCUT2D eigenvalue weighted by atomic mass is 35.5. The third kappa shape index (κ3) is 5.50. The number of halogens is 1. The number of rotatable bonds is 9. The summed E-state index contributed by atoms with van der Waals surface area (Å²) in [6, 6.07) is 20.9. The predicted molar refractivity (Wildman–Crippen MR) is 129 cm³/mol. The lowest BCUT2D eigenvalue weighted by molar-refractivity contribution is -0.119. The summed E-state index contributed by atoms with van der Waals surface area (Å²) in [6.07, 6.45) is 1.75. The van der Waals surface area contributed by atoms with Crippen LogP contribution in [0.25, 0.3) is 0 Å². The third-order valence-corrected chi connectivity index (χ3v) is 7.37. The van der Waals surface area contributed by atoms with E-state index in [0.717, 1.165) is 28.3 Å². The zero-order valence-corrected chi connectivity index (χ0v) is 19.8. The second-order valence-electron chi connectivity index (χ2n) is 7.36. The number of aryl methyl sites for hydroxylation is 2. The largest absolute Gasteiger partial charge is 0.350 e. The van der Waals surface area contributed by atoms with Crippen molar-refractivity contribution in [2.45, 2.75) is 38.1 Å². The molecule has 1 amide bonds. The van der Waals surface area contributed by atoms with Crippen LogP contribution in [0.2, 0.25) is 5.02 Å². The predicted octanol–water partition coefficient (Wildman–Crippen LogP) is 4.98. The van der Waals surface area contributed by atoms with E-state index in [0.29, 0.717) is 6.54 Å². The molecule has 0 aliphatic heterocycles. The van der Waals surface area contributed by atoms with E-state index in [1.165, 1.54) is 17.7 Å². The van der Waals surface area contributed by atoms with E-state index in [2.05, 4.69) is 37.4 Å². The molecule has 0 bridgehead atoms. The molecule has 1 N–H and O–H groups in total. The number of para-hydroxylation sites is 1. The van der Waals surface area contributed by atoms with Crippen LogP contribution in [0.1, 0.15) is 30.5 Å². The molecule has 0 saturated carbocycles. The highest BCUT2D eigenvalue weighted by Crippen LogP contribution is 2.30. The van der Waals surface area contributed by atoms with Gasteiger partial charge in [-0.3, -0.25) is 9.10 Å². The Morgan fingerprint density at radius 1 is 0.906 bits per heavy atom. The summed E-state index contributed by atoms with van der Waals surface area (Å²) in [5.41, 5.74) is 3.64. The van der Waals surface area contributed by atoms with E-state index < -0.39 is 15.9 Å². The summed E-state index contributed by atoms with van der Waals surface area (Å²) in [5, 5.41) is 3.13. The van der Waals surface area contributed by atoms with Crippen LogP contribution < -0.4 is 9.62 Å². The Kier molecular flexibility index (Phi) is 7.94. The fourth-order valence-electron chi connectivity index (χ4n) is 3.46. The first-order valence-electron chi connectivity index (χ1n) is 10.6. The van der Waals surface area contributed by atoms with E-state index in [1.54, 1.807) is 42.5 Å². The van der Waals surface area contributed by atoms with Crippen LogP contribution in [0.15, 0.2) is 77.7 Å². The molecule has 0 unspecified atom stereocenters. The number of nitrogens with one attached hydrogen (secondary N) is 1. The van der Waals surface area contributed by atoms with Gasteiger partial charge < -0.3 is 5.32 Å². The fourth-order valence-corrected chi connectivity index (χ4v) is 5.21. The number of sulfonamides is 1. The van der Waals surface area contributed by atoms with Crippen LogP contribution in [0, 0.1) is 0 Å². The van der Waals surface area contributed by atoms with Crippen molar-refractivity contribution in [3.63, 3.8) is 0 Å². The minimum Gasteiger partial charge on any atom is -0.350 e. The Morgan fingerprint density at radius 2 is 1.59 bits per heavy atom. The van der Waals surface area contributed by atoms with Crippen molar-refractivity contribution in [2.24, 2.45) is 0 Å². The van der Waals surface area contributed by atoms with Crippen LogP contribution in [0.3, 0.4) is 0 Å². The van der Waals surface area contributed by atoms with Crippen molar-refractivity contribution in [3.05, 3.63) is 94.5 Å². The topological polar surface area (TPSA) is 66.5 Å². The second kappa shape index (κ2) is 10.7. The van der Waals surface area contributed by atoms with Crippen molar-refractivity contribution in [1.29, 1.82) is 0 Å². The number of benzene rings is 3. The Morgan fingerprint density at radius 3 is 2.25 bits per heavy atom. The highest BCUT2D eigenvalue weighted by molar-refractivity contribution is 7.92. The molecule has 0 atom stereocenters. The van der Waals surface area contributed by atoms with Gasteiger partial charge in [-0.15, -0.1) is 0 Å². The molecule has 3 aromatic carbocycles. The smallest absolute Gasteiger partial charge is 0.264 e. The molecule has 0 aliphatic carbocycles. The lowest BCUT2D eigenvalue weighted by Crippen LogP contribution is -2.41. The van der Waals surface area contributed by atoms with Crippen molar-refractivity contribution >= 4 is 33.2 Å². The van der Waals surface area contributed by atoms with Crippen LogP contribution in [0.4, 0.5) is 5.69 Å². The molecule has 168 valence electrons. The summed E-state index contributed by atoms with van der Waals surface area (Å²) in [5.74, 6) is -0.409. The molecule has 0 heterocycles. The quantitative estimate of drug-likeness (QED) is 0.479. The number of hydrogen-bond donors (Lipinski definition) is 1. The zero-order chi connectivity index (χ0) is 23.1. The monoisotopic (exact) mass is 470 g/mol. The Balaban J connectivity index is 1.86. The molecule has 32 heavy (non-hydrogen) atoms. The molecule has 7 heteroatoms. The van der Waals surface area contributed by atoms with Crippen molar-refractivity contribution in [2.75, 3.05) is 10.8 Å². The van der Waals surface area contributed by atoms with Crippen molar-refractivity contribution in [3.8, 4) is 0 Å². The van der Waals surface area contributed by atoms with Crippen LogP contribution >= 0.6 is 11.6 Å². The van der Waals surface area contributed by atoms with E-state index >= 15 is 0 Å². The molecular formula is C25H27ClN2O3S. The van der Waals surface area contributed by atoms with Crippen LogP contribution in [-0.4, -0.2) is 20.9 Å². The maximum Gasteiger partial charge on any atom is 0.264 e. The molecule has 0 aromatic heterocycles. The number of carbonyl (C=O) groups is 1. The van der Waals surface area contributed by atoms with Gasteiger partial charge in [0.25, 0.3) is 10.0 Å². The van der Waals surface area contributed by atoms with Gasteiger partial charge in [0.2, 0.25) is 5.91 Å². The molecule has 0 fully saturated rings. The Labute approximate surface area is 195 Å². The van der Waals surface area contributed by atoms with Gasteiger partial charge in [0.15, 0.2) is 0 Å². The number of carbonyl (C=O) groups excluding carboxylic acids is 1. The van der Waals surface area contributed by atoms with E-state index in [4.69, 9.17) is 11.6 Å². The van der Waals surface area contributed by atoms with Gasteiger partial charge in [0.1, 0.15) is 6.54 Å². The van der Waals surface area contributed by atoms with Crippen molar-refractivity contribution < 1.29 is 13.2 Å². The van der Waals surface area contributed by atoms with E-state index in [-0.39, 0.29) is 22.2 Å². The minimum atomic E-state index is -3.99. The molecule has 3 aromatic rings. The van der Waals surface area contributed by atoms with Gasteiger partial charge in [-0.1, -0.05) is 74.0 Å². The summed E-state index contributed by atoms with van der Waals surface area (Å²) in [4.78, 5) is 13.0. The van der Waals surface area contributed by atoms with Gasteiger partial charge in [-0.05, 0) is 53.8 Å². The van der Waals surface area contributed by atoms with Gasteiger partial charge in [0.05, 0.1) is 15.6 Å². The summed E-state index contributed by atoms with van der Waals surface area (Å²) in [6.45, 7) is 4.10. The summed E-state index contributed by atoms with van der Waals surface area (Å²) >= 11 is 6.30. The van der Waals surface area contributed by atoms with E-state index in [1.807, 2.05) is 0 Å². The molecule has 0 radical (unpaired) electrons. The standard InChI is InChI=1S/C25H27ClN2O3S/c1-3-19-14-15-20(4-2)21(16-19)17-27-25(29)18-28(24-13-9-8-12-23(24)26)32(30,31)22-10-6-5-7-11-22/h5-16H,3-4,17-18H2,1-2H3,(H,27,29). The summed E-state index contributed by atoms with van der Waals surface area (Å²) < 4.78 is 27.8. The zero-order valence-electron chi connectivity index (χ0n) is 18.2. The maximum atomic E-state index is 13.4. The fraction of sp³-hybridized carbons (Fsp3) is 0.240. The normalized spacial score (nSPS) is 11.2. The molecule has 3 rings (SSSR count). The molecule has 0 saturated heterocycles. The molecular weight excluding hydrogens is 444 g/mol. The lowest BCUT2D eigenvalue weighted by atomic mass is 10.0. The first kappa shape index (κ1) is 23.8. The maximum absolute atomic E-state index is 13.4. The first-order chi connectivity index (χ1) is 15.4. The number of nitrogens with zero attached hydrogens (tertiary/aromatic N) is 1. The van der Waals surface area contributed by atoms with Gasteiger partial charge in [0, 0.05) is 6.54 Å². The number of hydrogen-bond acceptors (Lipinski definition) is 3. The van der Waals surface area contributed by atoms with Crippen LogP contribution in [0.5, 0.6) is 0 Å². The first-order valence-corrected chi connectivity index (χ1v) is 12.4. The van der Waals surface area contributed by atoms with E-state index in [9.17, 15) is 13.2 Å². The van der Waals surface area contributed by atoms with Gasteiger partial charge >= 0.3 is 0 Å². The second-order valence-corrected chi connectivity index (χ2v) is 9.63. The van der Waals surface area contributed by atoms with Crippen molar-refractivity contribution in [1.82, 2.24) is 5.32 Å². The highest BCUT2D eigenvalue weighted by Gasteiger charge is 2.28. The third-order valence-electron chi connectivity index (χ3n) is 5.28. The summed E-state index contributed by atoms with van der Waals surface area (Å²) in [7, 11) is -3.99. The molecule has 0 aliphatic rings. The number of amides is 1. The lowest BCUT2D eigenvalue weighted by Gasteiger charge is -2.25. The average molecular weight is 471 g/mol. The molecule has 5 nitrogen and oxygen atoms in total. The van der Waals surface area contributed by atoms with Gasteiger partial charge in [-0.25, -0.2) is 8.42 Å². The Hall–Kier alpha value is -2.83. The minimum absolute atomic E-state index is 0.0941. The number of anilines is 1. The average Bonchev–Trinajstić information content (AvgIpc) is 2.82. The molecule has 0 spiro atoms. The van der Waals surface area contributed by atoms with Gasteiger partial charge in [-0.2, -0.15) is 0 Å². The Bertz CT molecular complexity index is 1180. The van der Waals surface area contributed by atoms with Crippen LogP contribution in [-0.2, 0) is 34.2 Å².